The monoisotopic (exact) mass is 172 g/mol. The zero-order valence-corrected chi connectivity index (χ0v) is 6.93. The van der Waals surface area contributed by atoms with Crippen LogP contribution in [0.4, 0.5) is 0 Å². The molecular formula is C6H8N2O2S. The molecule has 0 spiro atoms. The predicted molar refractivity (Wildman–Crippen MR) is 40.5 cm³/mol. The summed E-state index contributed by atoms with van der Waals surface area (Å²) in [4.78, 5) is 9.94. The number of carbonyl (C=O) groups excluding carboxylic acids is 1. The summed E-state index contributed by atoms with van der Waals surface area (Å²) in [6.07, 6.45) is 1.54. The molecule has 1 heterocycles. The lowest BCUT2D eigenvalue weighted by atomic mass is 10.5. The second-order valence-electron chi connectivity index (χ2n) is 1.79. The number of hydrogen-bond donors (Lipinski definition) is 0. The van der Waals surface area contributed by atoms with E-state index in [9.17, 15) is 4.79 Å². The van der Waals surface area contributed by atoms with Gasteiger partial charge in [-0.15, -0.1) is 10.2 Å². The zero-order valence-electron chi connectivity index (χ0n) is 6.11. The third kappa shape index (κ3) is 2.34. The maximum absolute atomic E-state index is 9.94. The summed E-state index contributed by atoms with van der Waals surface area (Å²) in [5.74, 6) is 0.976. The standard InChI is InChI=1S/C6H8N2O2S/c1-2-5-7-8-6(10-5)11-4-3-9/h3H,2,4H2,1H3. The second-order valence-corrected chi connectivity index (χ2v) is 2.76. The molecule has 0 aliphatic rings. The van der Waals surface area contributed by atoms with Crippen molar-refractivity contribution in [1.29, 1.82) is 0 Å². The average Bonchev–Trinajstić information content (AvgIpc) is 2.48. The number of hydrogen-bond acceptors (Lipinski definition) is 5. The van der Waals surface area contributed by atoms with Gasteiger partial charge in [-0.3, -0.25) is 0 Å². The van der Waals surface area contributed by atoms with Gasteiger partial charge in [0, 0.05) is 6.42 Å². The van der Waals surface area contributed by atoms with Gasteiger partial charge in [-0.2, -0.15) is 0 Å². The minimum Gasteiger partial charge on any atom is -0.416 e. The lowest BCUT2D eigenvalue weighted by molar-refractivity contribution is -0.105. The lowest BCUT2D eigenvalue weighted by Gasteiger charge is -1.84. The van der Waals surface area contributed by atoms with Crippen LogP contribution in [-0.4, -0.2) is 22.2 Å². The zero-order chi connectivity index (χ0) is 8.10. The summed E-state index contributed by atoms with van der Waals surface area (Å²) in [6, 6.07) is 0. The molecule has 0 atom stereocenters. The first-order valence-corrected chi connectivity index (χ1v) is 4.24. The van der Waals surface area contributed by atoms with Gasteiger partial charge in [-0.1, -0.05) is 18.7 Å². The first kappa shape index (κ1) is 8.26. The van der Waals surface area contributed by atoms with E-state index in [0.717, 1.165) is 12.7 Å². The van der Waals surface area contributed by atoms with Crippen LogP contribution < -0.4 is 0 Å². The van der Waals surface area contributed by atoms with E-state index >= 15 is 0 Å². The fourth-order valence-corrected chi connectivity index (χ4v) is 1.01. The van der Waals surface area contributed by atoms with E-state index < -0.39 is 0 Å². The van der Waals surface area contributed by atoms with Crippen LogP contribution in [0.1, 0.15) is 12.8 Å². The van der Waals surface area contributed by atoms with E-state index in [0.29, 0.717) is 16.9 Å². The number of nitrogens with zero attached hydrogens (tertiary/aromatic N) is 2. The van der Waals surface area contributed by atoms with Gasteiger partial charge in [0.2, 0.25) is 5.89 Å². The lowest BCUT2D eigenvalue weighted by Crippen LogP contribution is -1.78. The van der Waals surface area contributed by atoms with Crippen molar-refractivity contribution in [3.05, 3.63) is 5.89 Å². The Kier molecular flexibility index (Phi) is 3.10. The minimum atomic E-state index is 0.366. The fourth-order valence-electron chi connectivity index (χ4n) is 0.545. The fraction of sp³-hybridized carbons (Fsp3) is 0.500. The van der Waals surface area contributed by atoms with Gasteiger partial charge >= 0.3 is 0 Å². The highest BCUT2D eigenvalue weighted by atomic mass is 32.2. The molecule has 0 aromatic carbocycles. The molecule has 0 unspecified atom stereocenters. The number of aldehydes is 1. The van der Waals surface area contributed by atoms with Gasteiger partial charge in [-0.05, 0) is 0 Å². The number of aryl methyl sites for hydroxylation is 1. The second kappa shape index (κ2) is 4.12. The molecule has 5 heteroatoms. The van der Waals surface area contributed by atoms with Crippen molar-refractivity contribution in [3.8, 4) is 0 Å². The Hall–Kier alpha value is -0.840. The van der Waals surface area contributed by atoms with Crippen LogP contribution in [0.15, 0.2) is 9.64 Å². The molecule has 1 aromatic rings. The molecule has 0 fully saturated rings. The molecule has 60 valence electrons. The SMILES string of the molecule is CCc1nnc(SCC=O)o1. The van der Waals surface area contributed by atoms with E-state index in [1.165, 1.54) is 11.8 Å². The Morgan fingerprint density at radius 1 is 1.64 bits per heavy atom. The molecule has 4 nitrogen and oxygen atoms in total. The number of thioether (sulfide) groups is 1. The smallest absolute Gasteiger partial charge is 0.276 e. The van der Waals surface area contributed by atoms with Crippen LogP contribution >= 0.6 is 11.8 Å². The predicted octanol–water partition coefficient (Wildman–Crippen LogP) is 0.923. The van der Waals surface area contributed by atoms with Crippen LogP contribution in [0.3, 0.4) is 0 Å². The van der Waals surface area contributed by atoms with Crippen LogP contribution in [0.25, 0.3) is 0 Å². The van der Waals surface area contributed by atoms with Crippen LogP contribution in [-0.2, 0) is 11.2 Å². The summed E-state index contributed by atoms with van der Waals surface area (Å²) in [6.45, 7) is 1.93. The summed E-state index contributed by atoms with van der Waals surface area (Å²) in [7, 11) is 0. The molecule has 11 heavy (non-hydrogen) atoms. The van der Waals surface area contributed by atoms with Crippen molar-refractivity contribution in [2.24, 2.45) is 0 Å². The van der Waals surface area contributed by atoms with Crippen molar-refractivity contribution < 1.29 is 9.21 Å². The molecule has 0 amide bonds. The highest BCUT2D eigenvalue weighted by molar-refractivity contribution is 7.99. The molecule has 0 saturated heterocycles. The van der Waals surface area contributed by atoms with Gasteiger partial charge in [0.15, 0.2) is 0 Å². The van der Waals surface area contributed by atoms with Gasteiger partial charge in [0.25, 0.3) is 5.22 Å². The molecule has 0 aliphatic carbocycles. The number of carbonyl (C=O) groups is 1. The molecule has 0 saturated carbocycles. The number of rotatable bonds is 4. The summed E-state index contributed by atoms with van der Waals surface area (Å²) < 4.78 is 5.12. The maximum atomic E-state index is 9.94. The molecule has 1 rings (SSSR count). The molecule has 0 radical (unpaired) electrons. The van der Waals surface area contributed by atoms with Crippen molar-refractivity contribution in [3.63, 3.8) is 0 Å². The highest BCUT2D eigenvalue weighted by Gasteiger charge is 2.02. The topological polar surface area (TPSA) is 56.0 Å². The first-order valence-electron chi connectivity index (χ1n) is 3.25. The Balaban J connectivity index is 2.50. The molecular weight excluding hydrogens is 164 g/mol. The summed E-state index contributed by atoms with van der Waals surface area (Å²) >= 11 is 1.25. The summed E-state index contributed by atoms with van der Waals surface area (Å²) in [5.41, 5.74) is 0. The van der Waals surface area contributed by atoms with Crippen molar-refractivity contribution in [2.75, 3.05) is 5.75 Å². The van der Waals surface area contributed by atoms with Gasteiger partial charge in [-0.25, -0.2) is 0 Å². The molecule has 0 bridgehead atoms. The van der Waals surface area contributed by atoms with Crippen molar-refractivity contribution in [2.45, 2.75) is 18.6 Å². The Bertz CT molecular complexity index is 236. The summed E-state index contributed by atoms with van der Waals surface area (Å²) in [5, 5.41) is 7.91. The van der Waals surface area contributed by atoms with Gasteiger partial charge < -0.3 is 9.21 Å². The average molecular weight is 172 g/mol. The van der Waals surface area contributed by atoms with Crippen LogP contribution in [0.5, 0.6) is 0 Å². The van der Waals surface area contributed by atoms with Gasteiger partial charge in [0.1, 0.15) is 6.29 Å². The minimum absolute atomic E-state index is 0.366. The first-order chi connectivity index (χ1) is 5.36. The van der Waals surface area contributed by atoms with Crippen molar-refractivity contribution in [1.82, 2.24) is 10.2 Å². The third-order valence-corrected chi connectivity index (χ3v) is 1.74. The Morgan fingerprint density at radius 2 is 2.45 bits per heavy atom. The van der Waals surface area contributed by atoms with E-state index in [4.69, 9.17) is 4.42 Å². The maximum Gasteiger partial charge on any atom is 0.276 e. The molecule has 0 N–H and O–H groups in total. The van der Waals surface area contributed by atoms with Crippen LogP contribution in [0.2, 0.25) is 0 Å². The van der Waals surface area contributed by atoms with E-state index in [-0.39, 0.29) is 0 Å². The van der Waals surface area contributed by atoms with Crippen molar-refractivity contribution >= 4 is 18.0 Å². The van der Waals surface area contributed by atoms with Gasteiger partial charge in [0.05, 0.1) is 5.75 Å². The largest absolute Gasteiger partial charge is 0.416 e. The van der Waals surface area contributed by atoms with E-state index in [1.54, 1.807) is 0 Å². The van der Waals surface area contributed by atoms with E-state index in [1.807, 2.05) is 6.92 Å². The normalized spacial score (nSPS) is 9.91. The highest BCUT2D eigenvalue weighted by Crippen LogP contribution is 2.14. The Labute approximate surface area is 68.4 Å². The van der Waals surface area contributed by atoms with E-state index in [2.05, 4.69) is 10.2 Å². The van der Waals surface area contributed by atoms with Crippen LogP contribution in [0, 0.1) is 0 Å². The quantitative estimate of drug-likeness (QED) is 0.499. The molecule has 0 aliphatic heterocycles. The number of aromatic nitrogens is 2. The third-order valence-electron chi connectivity index (χ3n) is 1.03. The Morgan fingerprint density at radius 3 is 3.00 bits per heavy atom. The molecule has 1 aromatic heterocycles.